The van der Waals surface area contributed by atoms with Gasteiger partial charge < -0.3 is 4.90 Å². The van der Waals surface area contributed by atoms with Gasteiger partial charge in [-0.25, -0.2) is 4.68 Å². The first-order chi connectivity index (χ1) is 12.3. The van der Waals surface area contributed by atoms with Crippen molar-refractivity contribution in [2.75, 3.05) is 13.6 Å². The molecular weight excluding hydrogens is 308 g/mol. The van der Waals surface area contributed by atoms with Crippen LogP contribution in [0.15, 0.2) is 66.9 Å². The van der Waals surface area contributed by atoms with Gasteiger partial charge >= 0.3 is 0 Å². The molecule has 0 fully saturated rings. The van der Waals surface area contributed by atoms with Gasteiger partial charge in [0, 0.05) is 24.6 Å². The fourth-order valence-corrected chi connectivity index (χ4v) is 2.97. The van der Waals surface area contributed by atoms with Crippen LogP contribution in [0.1, 0.15) is 18.4 Å². The summed E-state index contributed by atoms with van der Waals surface area (Å²) >= 11 is 0. The minimum atomic E-state index is 0.617. The normalized spacial score (nSPS) is 11.8. The summed E-state index contributed by atoms with van der Waals surface area (Å²) in [7, 11) is 2.17. The smallest absolute Gasteiger partial charge is 0.106 e. The highest BCUT2D eigenvalue weighted by atomic mass is 15.3. The first-order valence-electron chi connectivity index (χ1n) is 8.65. The highest BCUT2D eigenvalue weighted by Crippen LogP contribution is 2.23. The number of hydrogen-bond acceptors (Lipinski definition) is 2. The molecule has 0 aliphatic carbocycles. The van der Waals surface area contributed by atoms with E-state index in [1.54, 1.807) is 0 Å². The van der Waals surface area contributed by atoms with Crippen LogP contribution in [0, 0.1) is 11.3 Å². The van der Waals surface area contributed by atoms with Crippen molar-refractivity contribution < 1.29 is 4.90 Å². The second kappa shape index (κ2) is 8.27. The van der Waals surface area contributed by atoms with E-state index in [4.69, 9.17) is 10.4 Å². The summed E-state index contributed by atoms with van der Waals surface area (Å²) in [5.74, 6) is 0. The van der Waals surface area contributed by atoms with E-state index in [1.807, 2.05) is 41.1 Å². The summed E-state index contributed by atoms with van der Waals surface area (Å²) in [5.41, 5.74) is 4.46. The van der Waals surface area contributed by atoms with E-state index in [0.717, 1.165) is 36.5 Å². The summed E-state index contributed by atoms with van der Waals surface area (Å²) < 4.78 is 1.96. The van der Waals surface area contributed by atoms with Gasteiger partial charge in [0.2, 0.25) is 0 Å². The monoisotopic (exact) mass is 331 g/mol. The molecule has 1 aromatic heterocycles. The van der Waals surface area contributed by atoms with Crippen molar-refractivity contribution in [3.8, 4) is 23.0 Å². The van der Waals surface area contributed by atoms with Crippen molar-refractivity contribution in [1.29, 1.82) is 5.26 Å². The minimum absolute atomic E-state index is 0.617. The molecule has 0 saturated heterocycles. The predicted octanol–water partition coefficient (Wildman–Crippen LogP) is 2.86. The molecule has 0 spiro atoms. The van der Waals surface area contributed by atoms with E-state index in [2.05, 4.69) is 43.6 Å². The van der Waals surface area contributed by atoms with Crippen LogP contribution >= 0.6 is 0 Å². The lowest BCUT2D eigenvalue weighted by molar-refractivity contribution is -0.893. The van der Waals surface area contributed by atoms with Crippen molar-refractivity contribution in [3.05, 3.63) is 72.4 Å². The Hall–Kier alpha value is -2.90. The van der Waals surface area contributed by atoms with Gasteiger partial charge in [0.25, 0.3) is 0 Å². The Morgan fingerprint density at radius 2 is 1.72 bits per heavy atom. The molecule has 0 saturated carbocycles. The summed E-state index contributed by atoms with van der Waals surface area (Å²) in [4.78, 5) is 1.39. The fourth-order valence-electron chi connectivity index (χ4n) is 2.97. The predicted molar refractivity (Wildman–Crippen MR) is 99.3 cm³/mol. The average Bonchev–Trinajstić information content (AvgIpc) is 3.07. The summed E-state index contributed by atoms with van der Waals surface area (Å²) in [5, 5.41) is 13.6. The molecule has 0 aliphatic heterocycles. The lowest BCUT2D eigenvalue weighted by Gasteiger charge is -2.13. The maximum atomic E-state index is 8.72. The van der Waals surface area contributed by atoms with E-state index in [1.165, 1.54) is 10.5 Å². The van der Waals surface area contributed by atoms with Crippen LogP contribution in [0.2, 0.25) is 0 Å². The number of nitriles is 1. The number of para-hydroxylation sites is 1. The van der Waals surface area contributed by atoms with Crippen LogP contribution in [0.25, 0.3) is 16.9 Å². The molecule has 3 rings (SSSR count). The molecule has 126 valence electrons. The van der Waals surface area contributed by atoms with Gasteiger partial charge in [-0.3, -0.25) is 0 Å². The molecule has 2 aromatic carbocycles. The van der Waals surface area contributed by atoms with Gasteiger partial charge in [-0.05, 0) is 12.1 Å². The number of benzene rings is 2. The molecule has 1 atom stereocenters. The molecule has 1 heterocycles. The van der Waals surface area contributed by atoms with Gasteiger partial charge in [-0.1, -0.05) is 48.5 Å². The Bertz CT molecular complexity index is 831. The van der Waals surface area contributed by atoms with Crippen LogP contribution in [0.3, 0.4) is 0 Å². The van der Waals surface area contributed by atoms with Crippen LogP contribution in [-0.4, -0.2) is 23.4 Å². The number of aromatic nitrogens is 2. The van der Waals surface area contributed by atoms with Crippen LogP contribution in [0.4, 0.5) is 0 Å². The summed E-state index contributed by atoms with van der Waals surface area (Å²) in [6.07, 6.45) is 3.67. The van der Waals surface area contributed by atoms with E-state index in [0.29, 0.717) is 6.42 Å². The van der Waals surface area contributed by atoms with Crippen LogP contribution < -0.4 is 4.90 Å². The zero-order valence-corrected chi connectivity index (χ0v) is 14.5. The maximum Gasteiger partial charge on any atom is 0.106 e. The van der Waals surface area contributed by atoms with Gasteiger partial charge in [0.15, 0.2) is 0 Å². The van der Waals surface area contributed by atoms with Crippen LogP contribution in [-0.2, 0) is 6.54 Å². The van der Waals surface area contributed by atoms with Crippen molar-refractivity contribution in [2.24, 2.45) is 0 Å². The first kappa shape index (κ1) is 16.9. The lowest BCUT2D eigenvalue weighted by atomic mass is 10.1. The Morgan fingerprint density at radius 3 is 2.40 bits per heavy atom. The molecule has 0 bridgehead atoms. The summed E-state index contributed by atoms with van der Waals surface area (Å²) in [6.45, 7) is 1.88. The van der Waals surface area contributed by atoms with Crippen molar-refractivity contribution in [1.82, 2.24) is 9.78 Å². The second-order valence-corrected chi connectivity index (χ2v) is 6.29. The molecule has 25 heavy (non-hydrogen) atoms. The second-order valence-electron chi connectivity index (χ2n) is 6.29. The largest absolute Gasteiger partial charge is 0.333 e. The van der Waals surface area contributed by atoms with Gasteiger partial charge in [-0.15, -0.1) is 0 Å². The molecule has 1 N–H and O–H groups in total. The van der Waals surface area contributed by atoms with E-state index < -0.39 is 0 Å². The van der Waals surface area contributed by atoms with Gasteiger partial charge in [0.05, 0.1) is 30.9 Å². The third-order valence-electron chi connectivity index (χ3n) is 4.24. The summed E-state index contributed by atoms with van der Waals surface area (Å²) in [6, 6.07) is 22.7. The number of hydrogen-bond donors (Lipinski definition) is 1. The third-order valence-corrected chi connectivity index (χ3v) is 4.24. The average molecular weight is 331 g/mol. The van der Waals surface area contributed by atoms with Gasteiger partial charge in [-0.2, -0.15) is 10.4 Å². The Balaban J connectivity index is 1.90. The van der Waals surface area contributed by atoms with Crippen molar-refractivity contribution in [2.45, 2.75) is 19.4 Å². The van der Waals surface area contributed by atoms with E-state index in [-0.39, 0.29) is 0 Å². The third kappa shape index (κ3) is 4.34. The Morgan fingerprint density at radius 1 is 1.04 bits per heavy atom. The van der Waals surface area contributed by atoms with E-state index in [9.17, 15) is 0 Å². The first-order valence-corrected chi connectivity index (χ1v) is 8.65. The Kier molecular flexibility index (Phi) is 5.61. The zero-order valence-electron chi connectivity index (χ0n) is 14.5. The maximum absolute atomic E-state index is 8.72. The molecule has 4 heteroatoms. The molecule has 0 aliphatic rings. The molecular formula is C21H23N4+. The lowest BCUT2D eigenvalue weighted by Crippen LogP contribution is -3.07. The SMILES string of the molecule is C[NH+](CCCC#N)Cc1cn(-c2ccccc2)nc1-c1ccccc1. The Labute approximate surface area is 148 Å². The van der Waals surface area contributed by atoms with Crippen molar-refractivity contribution in [3.63, 3.8) is 0 Å². The molecule has 0 radical (unpaired) electrons. The molecule has 4 nitrogen and oxygen atoms in total. The number of nitrogens with one attached hydrogen (secondary N) is 1. The molecule has 1 unspecified atom stereocenters. The number of nitrogens with zero attached hydrogens (tertiary/aromatic N) is 3. The molecule has 0 amide bonds. The van der Waals surface area contributed by atoms with Crippen molar-refractivity contribution >= 4 is 0 Å². The highest BCUT2D eigenvalue weighted by Gasteiger charge is 2.15. The molecule has 3 aromatic rings. The fraction of sp³-hybridized carbons (Fsp3) is 0.238. The zero-order chi connectivity index (χ0) is 17.5. The number of unbranched alkanes of at least 4 members (excludes halogenated alkanes) is 1. The topological polar surface area (TPSA) is 46.0 Å². The highest BCUT2D eigenvalue weighted by molar-refractivity contribution is 5.63. The standard InChI is InChI=1S/C21H22N4/c1-24(15-9-8-14-22)16-19-17-25(20-12-6-3-7-13-20)23-21(19)18-10-4-2-5-11-18/h2-7,10-13,17H,8-9,15-16H2,1H3/p+1. The van der Waals surface area contributed by atoms with E-state index >= 15 is 0 Å². The van der Waals surface area contributed by atoms with Crippen LogP contribution in [0.5, 0.6) is 0 Å². The number of quaternary nitrogens is 1. The quantitative estimate of drug-likeness (QED) is 0.677. The van der Waals surface area contributed by atoms with Gasteiger partial charge in [0.1, 0.15) is 12.2 Å². The minimum Gasteiger partial charge on any atom is -0.333 e. The number of rotatable bonds is 7.